The molecule has 5 aromatic rings. The van der Waals surface area contributed by atoms with Crippen molar-refractivity contribution in [3.63, 3.8) is 0 Å². The highest BCUT2D eigenvalue weighted by Gasteiger charge is 2.16. The van der Waals surface area contributed by atoms with E-state index in [2.05, 4.69) is 27.5 Å². The Hall–Kier alpha value is -3.97. The molecule has 33 heavy (non-hydrogen) atoms. The third-order valence-corrected chi connectivity index (χ3v) is 6.32. The largest absolute Gasteiger partial charge is 0.497 e. The molecule has 0 atom stereocenters. The first-order chi connectivity index (χ1) is 16.1. The number of ether oxygens (including phenoxy) is 1. The van der Waals surface area contributed by atoms with Crippen LogP contribution in [0, 0.1) is 6.92 Å². The number of hydrogen-bond acceptors (Lipinski definition) is 5. The molecule has 0 saturated carbocycles. The normalized spacial score (nSPS) is 11.0. The van der Waals surface area contributed by atoms with Crippen LogP contribution in [0.15, 0.2) is 78.9 Å². The van der Waals surface area contributed by atoms with E-state index in [1.54, 1.807) is 11.8 Å². The van der Waals surface area contributed by atoms with Crippen molar-refractivity contribution in [1.82, 2.24) is 14.8 Å². The molecule has 164 valence electrons. The summed E-state index contributed by atoms with van der Waals surface area (Å²) in [5, 5.41) is 8.21. The van der Waals surface area contributed by atoms with E-state index in [9.17, 15) is 4.79 Å². The Kier molecular flexibility index (Phi) is 5.62. The smallest absolute Gasteiger partial charge is 0.256 e. The molecule has 2 heterocycles. The third-order valence-electron chi connectivity index (χ3n) is 5.30. The number of carbonyl (C=O) groups excluding carboxylic acids is 1. The first kappa shape index (κ1) is 20.9. The maximum Gasteiger partial charge on any atom is 0.256 e. The Morgan fingerprint density at radius 1 is 1.00 bits per heavy atom. The van der Waals surface area contributed by atoms with Crippen LogP contribution in [0.25, 0.3) is 15.3 Å². The van der Waals surface area contributed by atoms with Gasteiger partial charge in [-0.25, -0.2) is 4.98 Å². The summed E-state index contributed by atoms with van der Waals surface area (Å²) in [6, 6.07) is 25.6. The molecule has 0 spiro atoms. The SMILES string of the molecule is COc1ccc2sc(-n3nc(C)cc3NC(=O)c3ccc(Cc4ccccc4)cc3)nc2c1. The molecule has 0 radical (unpaired) electrons. The van der Waals surface area contributed by atoms with Crippen molar-refractivity contribution in [3.05, 3.63) is 101 Å². The van der Waals surface area contributed by atoms with Gasteiger partial charge in [-0.1, -0.05) is 53.8 Å². The topological polar surface area (TPSA) is 69.0 Å². The van der Waals surface area contributed by atoms with Gasteiger partial charge >= 0.3 is 0 Å². The van der Waals surface area contributed by atoms with Gasteiger partial charge in [0.05, 0.1) is 23.0 Å². The number of nitrogens with zero attached hydrogens (tertiary/aromatic N) is 3. The van der Waals surface area contributed by atoms with Crippen LogP contribution in [0.3, 0.4) is 0 Å². The fraction of sp³-hybridized carbons (Fsp3) is 0.115. The van der Waals surface area contributed by atoms with Crippen molar-refractivity contribution in [2.24, 2.45) is 0 Å². The lowest BCUT2D eigenvalue weighted by Gasteiger charge is -2.07. The summed E-state index contributed by atoms with van der Waals surface area (Å²) in [7, 11) is 1.63. The van der Waals surface area contributed by atoms with E-state index in [4.69, 9.17) is 4.74 Å². The fourth-order valence-electron chi connectivity index (χ4n) is 3.64. The van der Waals surface area contributed by atoms with Crippen LogP contribution in [0.4, 0.5) is 5.82 Å². The van der Waals surface area contributed by atoms with E-state index >= 15 is 0 Å². The minimum Gasteiger partial charge on any atom is -0.497 e. The lowest BCUT2D eigenvalue weighted by molar-refractivity contribution is 0.102. The number of nitrogens with one attached hydrogen (secondary N) is 1. The molecule has 0 saturated heterocycles. The maximum absolute atomic E-state index is 12.9. The lowest BCUT2D eigenvalue weighted by atomic mass is 10.0. The number of anilines is 1. The van der Waals surface area contributed by atoms with Gasteiger partial charge in [0, 0.05) is 17.7 Å². The summed E-state index contributed by atoms with van der Waals surface area (Å²) < 4.78 is 7.99. The van der Waals surface area contributed by atoms with Crippen LogP contribution in [0.1, 0.15) is 27.2 Å². The zero-order valence-corrected chi connectivity index (χ0v) is 19.1. The minimum atomic E-state index is -0.190. The van der Waals surface area contributed by atoms with E-state index in [0.29, 0.717) is 16.5 Å². The molecule has 1 amide bonds. The second-order valence-corrected chi connectivity index (χ2v) is 8.74. The Morgan fingerprint density at radius 3 is 2.52 bits per heavy atom. The Labute approximate surface area is 195 Å². The van der Waals surface area contributed by atoms with Crippen molar-refractivity contribution < 1.29 is 9.53 Å². The van der Waals surface area contributed by atoms with E-state index < -0.39 is 0 Å². The highest BCUT2D eigenvalue weighted by molar-refractivity contribution is 7.20. The van der Waals surface area contributed by atoms with Crippen LogP contribution in [-0.2, 0) is 6.42 Å². The zero-order valence-electron chi connectivity index (χ0n) is 18.3. The molecular formula is C26H22N4O2S. The van der Waals surface area contributed by atoms with Crippen LogP contribution in [-0.4, -0.2) is 27.8 Å². The molecule has 0 aliphatic rings. The molecule has 2 aromatic heterocycles. The van der Waals surface area contributed by atoms with E-state index in [-0.39, 0.29) is 5.91 Å². The molecule has 5 rings (SSSR count). The highest BCUT2D eigenvalue weighted by Crippen LogP contribution is 2.29. The van der Waals surface area contributed by atoms with Crippen LogP contribution in [0.2, 0.25) is 0 Å². The van der Waals surface area contributed by atoms with Crippen LogP contribution < -0.4 is 10.1 Å². The molecule has 7 heteroatoms. The van der Waals surface area contributed by atoms with Crippen molar-refractivity contribution >= 4 is 33.3 Å². The Morgan fingerprint density at radius 2 is 1.76 bits per heavy atom. The van der Waals surface area contributed by atoms with E-state index in [1.807, 2.05) is 73.7 Å². The number of aromatic nitrogens is 3. The molecule has 6 nitrogen and oxygen atoms in total. The van der Waals surface area contributed by atoms with Crippen LogP contribution in [0.5, 0.6) is 5.75 Å². The molecule has 0 fully saturated rings. The number of carbonyl (C=O) groups is 1. The molecule has 0 unspecified atom stereocenters. The summed E-state index contributed by atoms with van der Waals surface area (Å²) in [4.78, 5) is 17.6. The summed E-state index contributed by atoms with van der Waals surface area (Å²) in [5.41, 5.74) is 4.60. The van der Waals surface area contributed by atoms with E-state index in [0.717, 1.165) is 33.6 Å². The maximum atomic E-state index is 12.9. The second kappa shape index (κ2) is 8.88. The molecule has 0 aliphatic heterocycles. The second-order valence-electron chi connectivity index (χ2n) is 7.73. The number of methoxy groups -OCH3 is 1. The number of fused-ring (bicyclic) bond motifs is 1. The molecule has 0 bridgehead atoms. The summed E-state index contributed by atoms with van der Waals surface area (Å²) in [6.45, 7) is 1.89. The van der Waals surface area contributed by atoms with Gasteiger partial charge in [-0.3, -0.25) is 4.79 Å². The van der Waals surface area contributed by atoms with Gasteiger partial charge in [0.15, 0.2) is 0 Å². The van der Waals surface area contributed by atoms with Gasteiger partial charge in [-0.15, -0.1) is 0 Å². The van der Waals surface area contributed by atoms with Gasteiger partial charge in [-0.05, 0) is 48.7 Å². The van der Waals surface area contributed by atoms with Gasteiger partial charge in [0.25, 0.3) is 5.91 Å². The summed E-state index contributed by atoms with van der Waals surface area (Å²) in [6.07, 6.45) is 0.830. The number of rotatable bonds is 6. The number of amides is 1. The first-order valence-corrected chi connectivity index (χ1v) is 11.4. The van der Waals surface area contributed by atoms with Crippen molar-refractivity contribution in [2.45, 2.75) is 13.3 Å². The van der Waals surface area contributed by atoms with Gasteiger partial charge in [0.1, 0.15) is 11.6 Å². The Bertz CT molecular complexity index is 1420. The predicted molar refractivity (Wildman–Crippen MR) is 132 cm³/mol. The highest BCUT2D eigenvalue weighted by atomic mass is 32.1. The quantitative estimate of drug-likeness (QED) is 0.360. The Balaban J connectivity index is 1.36. The van der Waals surface area contributed by atoms with Crippen LogP contribution >= 0.6 is 11.3 Å². The number of hydrogen-bond donors (Lipinski definition) is 1. The van der Waals surface area contributed by atoms with Crippen molar-refractivity contribution in [3.8, 4) is 10.9 Å². The van der Waals surface area contributed by atoms with Gasteiger partial charge < -0.3 is 10.1 Å². The average Bonchev–Trinajstić information content (AvgIpc) is 3.42. The number of benzene rings is 3. The number of aryl methyl sites for hydroxylation is 1. The zero-order chi connectivity index (χ0) is 22.8. The molecule has 1 N–H and O–H groups in total. The monoisotopic (exact) mass is 454 g/mol. The first-order valence-electron chi connectivity index (χ1n) is 10.5. The summed E-state index contributed by atoms with van der Waals surface area (Å²) in [5.74, 6) is 1.14. The average molecular weight is 455 g/mol. The minimum absolute atomic E-state index is 0.190. The predicted octanol–water partition coefficient (Wildman–Crippen LogP) is 5.64. The molecular weight excluding hydrogens is 432 g/mol. The molecule has 3 aromatic carbocycles. The van der Waals surface area contributed by atoms with Gasteiger partial charge in [0.2, 0.25) is 5.13 Å². The van der Waals surface area contributed by atoms with Crippen molar-refractivity contribution in [1.29, 1.82) is 0 Å². The standard InChI is InChI=1S/C26H22N4O2S/c1-17-14-24(30(29-17)26-27-22-16-21(32-2)12-13-23(22)33-26)28-25(31)20-10-8-19(9-11-20)15-18-6-4-3-5-7-18/h3-14,16H,15H2,1-2H3,(H,28,31). The molecule has 0 aliphatic carbocycles. The van der Waals surface area contributed by atoms with Crippen molar-refractivity contribution in [2.75, 3.05) is 12.4 Å². The fourth-order valence-corrected chi connectivity index (χ4v) is 4.55. The lowest BCUT2D eigenvalue weighted by Crippen LogP contribution is -2.15. The summed E-state index contributed by atoms with van der Waals surface area (Å²) >= 11 is 1.51. The van der Waals surface area contributed by atoms with Gasteiger partial charge in [-0.2, -0.15) is 9.78 Å². The van der Waals surface area contributed by atoms with E-state index in [1.165, 1.54) is 16.9 Å². The number of thiazole rings is 1. The third kappa shape index (κ3) is 4.49.